The lowest BCUT2D eigenvalue weighted by Gasteiger charge is -2.12. The van der Waals surface area contributed by atoms with Crippen LogP contribution in [0.1, 0.15) is 11.1 Å². The molecule has 128 valence electrons. The average Bonchev–Trinajstić information content (AvgIpc) is 3.18. The lowest BCUT2D eigenvalue weighted by Crippen LogP contribution is -2.36. The molecule has 25 heavy (non-hydrogen) atoms. The Morgan fingerprint density at radius 1 is 1.08 bits per heavy atom. The average molecular weight is 338 g/mol. The number of rotatable bonds is 5. The maximum Gasteiger partial charge on any atom is 0.191 e. The third-order valence-electron chi connectivity index (χ3n) is 3.67. The van der Waals surface area contributed by atoms with E-state index in [2.05, 4.69) is 30.8 Å². The van der Waals surface area contributed by atoms with Crippen LogP contribution in [0.15, 0.2) is 59.9 Å². The van der Waals surface area contributed by atoms with Crippen LogP contribution < -0.4 is 10.6 Å². The van der Waals surface area contributed by atoms with Gasteiger partial charge in [0.1, 0.15) is 12.1 Å². The molecule has 0 bridgehead atoms. The van der Waals surface area contributed by atoms with E-state index in [4.69, 9.17) is 0 Å². The Morgan fingerprint density at radius 2 is 1.84 bits per heavy atom. The van der Waals surface area contributed by atoms with Crippen molar-refractivity contribution in [3.05, 3.63) is 71.8 Å². The second kappa shape index (κ2) is 8.05. The second-order valence-electron chi connectivity index (χ2n) is 5.44. The number of nitrogens with one attached hydrogen (secondary N) is 3. The number of nitrogens with zero attached hydrogens (tertiary/aromatic N) is 3. The van der Waals surface area contributed by atoms with Crippen LogP contribution in [0.4, 0.5) is 4.39 Å². The minimum atomic E-state index is -0.238. The van der Waals surface area contributed by atoms with E-state index in [0.29, 0.717) is 19.0 Å². The van der Waals surface area contributed by atoms with Crippen LogP contribution >= 0.6 is 0 Å². The first-order valence-corrected chi connectivity index (χ1v) is 7.88. The zero-order valence-corrected chi connectivity index (χ0v) is 13.8. The van der Waals surface area contributed by atoms with Crippen LogP contribution in [-0.4, -0.2) is 28.2 Å². The molecule has 0 amide bonds. The van der Waals surface area contributed by atoms with E-state index in [1.54, 1.807) is 19.2 Å². The summed E-state index contributed by atoms with van der Waals surface area (Å²) in [6.45, 7) is 1.18. The molecule has 3 aromatic rings. The number of halogens is 1. The van der Waals surface area contributed by atoms with Gasteiger partial charge in [-0.15, -0.1) is 0 Å². The van der Waals surface area contributed by atoms with E-state index in [-0.39, 0.29) is 5.82 Å². The highest BCUT2D eigenvalue weighted by atomic mass is 19.1. The molecular weight excluding hydrogens is 319 g/mol. The first-order chi connectivity index (χ1) is 12.2. The number of guanidine groups is 1. The van der Waals surface area contributed by atoms with E-state index in [0.717, 1.165) is 22.5 Å². The molecule has 0 unspecified atom stereocenters. The SMILES string of the molecule is CN=C(NCc1ccc(F)cc1)NCc1cccc(-c2ncn[nH]2)c1. The molecule has 1 heterocycles. The third kappa shape index (κ3) is 4.63. The molecular formula is C18H19FN6. The summed E-state index contributed by atoms with van der Waals surface area (Å²) in [5.41, 5.74) is 3.06. The fourth-order valence-corrected chi connectivity index (χ4v) is 2.37. The van der Waals surface area contributed by atoms with Crippen molar-refractivity contribution in [1.82, 2.24) is 25.8 Å². The van der Waals surface area contributed by atoms with Gasteiger partial charge in [0.2, 0.25) is 0 Å². The normalized spacial score (nSPS) is 11.4. The molecule has 0 aliphatic carbocycles. The van der Waals surface area contributed by atoms with Gasteiger partial charge in [-0.2, -0.15) is 5.10 Å². The molecule has 7 heteroatoms. The van der Waals surface area contributed by atoms with Gasteiger partial charge in [-0.25, -0.2) is 9.37 Å². The molecule has 0 spiro atoms. The topological polar surface area (TPSA) is 78.0 Å². The van der Waals surface area contributed by atoms with E-state index in [1.165, 1.54) is 18.5 Å². The molecule has 0 atom stereocenters. The first-order valence-electron chi connectivity index (χ1n) is 7.88. The molecule has 3 rings (SSSR count). The minimum Gasteiger partial charge on any atom is -0.352 e. The summed E-state index contributed by atoms with van der Waals surface area (Å²) in [4.78, 5) is 8.36. The Bertz CT molecular complexity index is 827. The van der Waals surface area contributed by atoms with Gasteiger partial charge < -0.3 is 10.6 Å². The smallest absolute Gasteiger partial charge is 0.191 e. The van der Waals surface area contributed by atoms with Gasteiger partial charge in [0.15, 0.2) is 11.8 Å². The predicted octanol–water partition coefficient (Wildman–Crippen LogP) is 2.48. The number of aromatic nitrogens is 3. The molecule has 3 N–H and O–H groups in total. The van der Waals surface area contributed by atoms with Crippen molar-refractivity contribution in [1.29, 1.82) is 0 Å². The standard InChI is InChI=1S/C18H19FN6/c1-20-18(21-10-13-5-7-16(19)8-6-13)22-11-14-3-2-4-15(9-14)17-23-12-24-25-17/h2-9,12H,10-11H2,1H3,(H2,20,21,22)(H,23,24,25). The molecule has 0 aliphatic heterocycles. The van der Waals surface area contributed by atoms with Crippen LogP contribution in [0.25, 0.3) is 11.4 Å². The van der Waals surface area contributed by atoms with E-state index >= 15 is 0 Å². The number of aliphatic imine (C=N–C) groups is 1. The monoisotopic (exact) mass is 338 g/mol. The van der Waals surface area contributed by atoms with Crippen LogP contribution in [-0.2, 0) is 13.1 Å². The maximum atomic E-state index is 12.9. The lowest BCUT2D eigenvalue weighted by atomic mass is 10.1. The van der Waals surface area contributed by atoms with Crippen LogP contribution in [0.3, 0.4) is 0 Å². The van der Waals surface area contributed by atoms with Gasteiger partial charge in [0.05, 0.1) is 0 Å². The molecule has 0 aliphatic rings. The molecule has 1 aromatic heterocycles. The van der Waals surface area contributed by atoms with Gasteiger partial charge in [-0.3, -0.25) is 10.1 Å². The Morgan fingerprint density at radius 3 is 2.52 bits per heavy atom. The summed E-state index contributed by atoms with van der Waals surface area (Å²) in [7, 11) is 1.71. The van der Waals surface area contributed by atoms with Gasteiger partial charge in [0.25, 0.3) is 0 Å². The summed E-state index contributed by atoms with van der Waals surface area (Å²) in [6.07, 6.45) is 1.49. The van der Waals surface area contributed by atoms with Crippen molar-refractivity contribution in [2.75, 3.05) is 7.05 Å². The predicted molar refractivity (Wildman–Crippen MR) is 95.3 cm³/mol. The quantitative estimate of drug-likeness (QED) is 0.493. The van der Waals surface area contributed by atoms with Crippen molar-refractivity contribution >= 4 is 5.96 Å². The highest BCUT2D eigenvalue weighted by Crippen LogP contribution is 2.15. The highest BCUT2D eigenvalue weighted by molar-refractivity contribution is 5.79. The molecule has 0 saturated heterocycles. The lowest BCUT2D eigenvalue weighted by molar-refractivity contribution is 0.626. The molecule has 0 fully saturated rings. The number of benzene rings is 2. The Hall–Kier alpha value is -3.22. The van der Waals surface area contributed by atoms with E-state index < -0.39 is 0 Å². The zero-order chi connectivity index (χ0) is 17.5. The third-order valence-corrected chi connectivity index (χ3v) is 3.67. The summed E-state index contributed by atoms with van der Waals surface area (Å²) >= 11 is 0. The Kier molecular flexibility index (Phi) is 5.36. The zero-order valence-electron chi connectivity index (χ0n) is 13.8. The minimum absolute atomic E-state index is 0.238. The summed E-state index contributed by atoms with van der Waals surface area (Å²) in [5.74, 6) is 1.17. The molecule has 2 aromatic carbocycles. The van der Waals surface area contributed by atoms with Crippen LogP contribution in [0, 0.1) is 5.82 Å². The molecule has 0 saturated carbocycles. The summed E-state index contributed by atoms with van der Waals surface area (Å²) < 4.78 is 12.9. The summed E-state index contributed by atoms with van der Waals surface area (Å²) in [5, 5.41) is 13.2. The second-order valence-corrected chi connectivity index (χ2v) is 5.44. The van der Waals surface area contributed by atoms with Crippen molar-refractivity contribution in [3.8, 4) is 11.4 Å². The fraction of sp³-hybridized carbons (Fsp3) is 0.167. The van der Waals surface area contributed by atoms with Crippen molar-refractivity contribution < 1.29 is 4.39 Å². The molecule has 0 radical (unpaired) electrons. The number of hydrogen-bond donors (Lipinski definition) is 3. The highest BCUT2D eigenvalue weighted by Gasteiger charge is 2.03. The Balaban J connectivity index is 1.56. The summed E-state index contributed by atoms with van der Waals surface area (Å²) in [6, 6.07) is 14.4. The first kappa shape index (κ1) is 16.6. The Labute approximate surface area is 145 Å². The van der Waals surface area contributed by atoms with Crippen LogP contribution in [0.5, 0.6) is 0 Å². The fourth-order valence-electron chi connectivity index (χ4n) is 2.37. The number of hydrogen-bond acceptors (Lipinski definition) is 3. The van der Waals surface area contributed by atoms with Crippen molar-refractivity contribution in [3.63, 3.8) is 0 Å². The molecule has 6 nitrogen and oxygen atoms in total. The van der Waals surface area contributed by atoms with Gasteiger partial charge in [-0.05, 0) is 29.3 Å². The largest absolute Gasteiger partial charge is 0.352 e. The van der Waals surface area contributed by atoms with Gasteiger partial charge in [-0.1, -0.05) is 30.3 Å². The maximum absolute atomic E-state index is 12.9. The van der Waals surface area contributed by atoms with Gasteiger partial charge in [0, 0.05) is 25.7 Å². The van der Waals surface area contributed by atoms with Crippen molar-refractivity contribution in [2.24, 2.45) is 4.99 Å². The van der Waals surface area contributed by atoms with Crippen molar-refractivity contribution in [2.45, 2.75) is 13.1 Å². The van der Waals surface area contributed by atoms with Crippen LogP contribution in [0.2, 0.25) is 0 Å². The van der Waals surface area contributed by atoms with E-state index in [1.807, 2.05) is 24.3 Å². The van der Waals surface area contributed by atoms with E-state index in [9.17, 15) is 4.39 Å². The number of aromatic amines is 1. The van der Waals surface area contributed by atoms with Gasteiger partial charge >= 0.3 is 0 Å². The number of H-pyrrole nitrogens is 1.